The molecule has 4 amide bonds. The molecule has 1 spiro atoms. The lowest BCUT2D eigenvalue weighted by Crippen LogP contribution is -2.61. The van der Waals surface area contributed by atoms with Gasteiger partial charge in [-0.25, -0.2) is 9.37 Å². The van der Waals surface area contributed by atoms with Gasteiger partial charge in [-0.2, -0.15) is 14.0 Å². The maximum Gasteiger partial charge on any atom is 0.399 e. The van der Waals surface area contributed by atoms with Crippen LogP contribution in [0, 0.1) is 40.4 Å². The number of fused-ring (bicyclic) bond motifs is 6. The van der Waals surface area contributed by atoms with E-state index in [1.807, 2.05) is 5.32 Å². The smallest absolute Gasteiger partial charge is 0.399 e. The third-order valence-electron chi connectivity index (χ3n) is 9.98. The Morgan fingerprint density at radius 3 is 2.60 bits per heavy atom. The van der Waals surface area contributed by atoms with Crippen molar-refractivity contribution in [2.24, 2.45) is 29.1 Å². The second kappa shape index (κ2) is 10.6. The highest BCUT2D eigenvalue weighted by Gasteiger charge is 2.65. The molecule has 4 heterocycles. The van der Waals surface area contributed by atoms with Gasteiger partial charge in [0.05, 0.1) is 17.6 Å². The van der Waals surface area contributed by atoms with Gasteiger partial charge in [-0.1, -0.05) is 32.4 Å². The molecule has 2 bridgehead atoms. The monoisotopic (exact) mass is 670 g/mol. The summed E-state index contributed by atoms with van der Waals surface area (Å²) in [6.07, 6.45) is 0.728. The Bertz CT molecular complexity index is 1510. The van der Waals surface area contributed by atoms with Gasteiger partial charge in [0, 0.05) is 25.2 Å². The van der Waals surface area contributed by atoms with Crippen LogP contribution in [0.15, 0.2) is 12.3 Å². The van der Waals surface area contributed by atoms with Crippen LogP contribution in [-0.2, 0) is 19.2 Å². The number of pyridine rings is 1. The zero-order chi connectivity index (χ0) is 32.8. The Kier molecular flexibility index (Phi) is 7.47. The van der Waals surface area contributed by atoms with Gasteiger partial charge in [-0.15, -0.1) is 0 Å². The summed E-state index contributed by atoms with van der Waals surface area (Å²) in [7, 11) is 0. The zero-order valence-corrected chi connectivity index (χ0v) is 26.0. The largest absolute Gasteiger partial charge is 0.471 e. The van der Waals surface area contributed by atoms with E-state index in [0.29, 0.717) is 6.42 Å². The van der Waals surface area contributed by atoms with Crippen molar-refractivity contribution in [1.29, 1.82) is 5.26 Å². The van der Waals surface area contributed by atoms with Gasteiger partial charge in [0.25, 0.3) is 5.91 Å². The highest BCUT2D eigenvalue weighted by molar-refractivity contribution is 6.32. The average Bonchev–Trinajstić information content (AvgIpc) is 3.70. The predicted octanol–water partition coefficient (Wildman–Crippen LogP) is 3.11. The molecule has 2 N–H and O–H groups in total. The van der Waals surface area contributed by atoms with Crippen molar-refractivity contribution in [3.8, 4) is 11.8 Å². The minimum Gasteiger partial charge on any atom is -0.471 e. The third kappa shape index (κ3) is 5.16. The maximum absolute atomic E-state index is 15.2. The summed E-state index contributed by atoms with van der Waals surface area (Å²) in [6, 6.07) is -0.435. The highest BCUT2D eigenvalue weighted by Crippen LogP contribution is 2.59. The molecule has 2 aliphatic carbocycles. The van der Waals surface area contributed by atoms with Crippen LogP contribution >= 0.6 is 23.2 Å². The number of rotatable bonds is 4. The van der Waals surface area contributed by atoms with Gasteiger partial charge in [-0.05, 0) is 53.5 Å². The summed E-state index contributed by atoms with van der Waals surface area (Å²) in [4.78, 5) is 60.7. The van der Waals surface area contributed by atoms with E-state index in [0.717, 1.165) is 0 Å². The first kappa shape index (κ1) is 31.7. The fourth-order valence-corrected chi connectivity index (χ4v) is 8.18. The van der Waals surface area contributed by atoms with E-state index in [-0.39, 0.29) is 54.4 Å². The summed E-state index contributed by atoms with van der Waals surface area (Å²) in [5.74, 6) is -5.21. The van der Waals surface area contributed by atoms with Gasteiger partial charge >= 0.3 is 11.3 Å². The van der Waals surface area contributed by atoms with E-state index in [1.165, 1.54) is 22.1 Å². The van der Waals surface area contributed by atoms with Crippen molar-refractivity contribution in [3.63, 3.8) is 0 Å². The lowest BCUT2D eigenvalue weighted by Gasteiger charge is -2.39. The van der Waals surface area contributed by atoms with Crippen molar-refractivity contribution < 1.29 is 37.1 Å². The highest BCUT2D eigenvalue weighted by atomic mass is 35.5. The van der Waals surface area contributed by atoms with Crippen molar-refractivity contribution in [2.75, 3.05) is 18.4 Å². The Morgan fingerprint density at radius 1 is 1.24 bits per heavy atom. The standard InChI is InChI=1S/C29H31Cl2F3N6O5/c1-27(2,3)21(37-26(44)29(31,33)34)24(42)39-10-16-12-4-15(17(32)5-12)19(16)20(39)23(41)40-11-28(7-14(40)8-35)25(43)38-22-18(45-28)6-13(30)9-36-22/h6,9,12,14-17,19-21H,4-5,7,10-11H2,1-3H3,(H,37,44)(H,36,38,43). The molecule has 9 atom stereocenters. The molecule has 0 radical (unpaired) electrons. The number of ether oxygens (including phenoxy) is 1. The van der Waals surface area contributed by atoms with Crippen LogP contribution in [0.5, 0.6) is 5.75 Å². The second-order valence-corrected chi connectivity index (χ2v) is 14.6. The summed E-state index contributed by atoms with van der Waals surface area (Å²) >= 11 is 11.0. The summed E-state index contributed by atoms with van der Waals surface area (Å²) < 4.78 is 48.6. The second-order valence-electron chi connectivity index (χ2n) is 13.7. The molecule has 242 valence electrons. The third-order valence-corrected chi connectivity index (χ3v) is 10.4. The molecule has 2 saturated carbocycles. The topological polar surface area (TPSA) is 145 Å². The molecule has 11 nitrogen and oxygen atoms in total. The van der Waals surface area contributed by atoms with Gasteiger partial charge in [-0.3, -0.25) is 19.2 Å². The molecule has 2 saturated heterocycles. The van der Waals surface area contributed by atoms with Crippen LogP contribution in [0.2, 0.25) is 5.02 Å². The number of carbonyl (C=O) groups excluding carboxylic acids is 4. The Morgan fingerprint density at radius 2 is 1.96 bits per heavy atom. The molecule has 16 heteroatoms. The molecular weight excluding hydrogens is 640 g/mol. The number of nitriles is 1. The van der Waals surface area contributed by atoms with Crippen molar-refractivity contribution in [2.45, 2.75) is 75.3 Å². The molecule has 9 unspecified atom stereocenters. The number of anilines is 1. The van der Waals surface area contributed by atoms with Gasteiger partial charge in [0.1, 0.15) is 24.3 Å². The molecule has 6 rings (SSSR count). The fourth-order valence-electron chi connectivity index (χ4n) is 7.98. The van der Waals surface area contributed by atoms with E-state index in [4.69, 9.17) is 27.9 Å². The van der Waals surface area contributed by atoms with Gasteiger partial charge in [0.15, 0.2) is 11.6 Å². The van der Waals surface area contributed by atoms with Crippen LogP contribution in [-0.4, -0.2) is 86.8 Å². The first-order chi connectivity index (χ1) is 20.9. The van der Waals surface area contributed by atoms with Crippen LogP contribution in [0.3, 0.4) is 0 Å². The molecule has 1 aromatic rings. The molecule has 5 aliphatic rings. The summed E-state index contributed by atoms with van der Waals surface area (Å²) in [6.45, 7) is 4.36. The number of likely N-dealkylation sites (tertiary alicyclic amines) is 2. The Labute approximate surface area is 266 Å². The summed E-state index contributed by atoms with van der Waals surface area (Å²) in [5, 5.41) is 10.7. The number of carbonyl (C=O) groups is 4. The summed E-state index contributed by atoms with van der Waals surface area (Å²) in [5.41, 5.74) is -2.77. The zero-order valence-electron chi connectivity index (χ0n) is 24.5. The normalized spacial score (nSPS) is 34.1. The average molecular weight is 672 g/mol. The van der Waals surface area contributed by atoms with Crippen molar-refractivity contribution in [3.05, 3.63) is 17.3 Å². The Balaban J connectivity index is 1.35. The van der Waals surface area contributed by atoms with E-state index < -0.39 is 76.2 Å². The van der Waals surface area contributed by atoms with E-state index in [2.05, 4.69) is 16.4 Å². The number of halogens is 5. The molecule has 1 aromatic heterocycles. The number of hydrogen-bond donors (Lipinski definition) is 2. The van der Waals surface area contributed by atoms with Crippen molar-refractivity contribution in [1.82, 2.24) is 20.1 Å². The maximum atomic E-state index is 15.2. The number of amides is 4. The first-order valence-corrected chi connectivity index (χ1v) is 15.4. The minimum absolute atomic E-state index is 0.0399. The fraction of sp³-hybridized carbons (Fsp3) is 0.655. The van der Waals surface area contributed by atoms with E-state index in [9.17, 15) is 33.2 Å². The Hall–Kier alpha value is -3.31. The van der Waals surface area contributed by atoms with Gasteiger partial charge in [0.2, 0.25) is 17.4 Å². The number of aromatic nitrogens is 1. The minimum atomic E-state index is -4.29. The number of nitrogens with one attached hydrogen (secondary N) is 2. The van der Waals surface area contributed by atoms with Crippen LogP contribution < -0.4 is 15.4 Å². The van der Waals surface area contributed by atoms with Crippen LogP contribution in [0.25, 0.3) is 0 Å². The van der Waals surface area contributed by atoms with Crippen LogP contribution in [0.4, 0.5) is 19.0 Å². The van der Waals surface area contributed by atoms with E-state index >= 15 is 4.39 Å². The number of nitrogens with zero attached hydrogens (tertiary/aromatic N) is 4. The molecule has 3 aliphatic heterocycles. The SMILES string of the molecule is CC(C)(C)C(NC(=O)C(F)(F)Cl)C(=O)N1CC2C3CC(F)C(C3)C2C1C(=O)N1CC2(CC1C#N)Oc1cc(Cl)cnc1NC2=O. The van der Waals surface area contributed by atoms with Crippen molar-refractivity contribution >= 4 is 52.6 Å². The van der Waals surface area contributed by atoms with E-state index in [1.54, 1.807) is 20.8 Å². The first-order valence-electron chi connectivity index (χ1n) is 14.6. The quantitative estimate of drug-likeness (QED) is 0.469. The van der Waals surface area contributed by atoms with Gasteiger partial charge < -0.3 is 25.2 Å². The molecule has 45 heavy (non-hydrogen) atoms. The predicted molar refractivity (Wildman–Crippen MR) is 153 cm³/mol. The number of alkyl halides is 4. The molecule has 0 aromatic carbocycles. The molecule has 4 fully saturated rings. The molecular formula is C29H31Cl2F3N6O5. The number of hydrogen-bond acceptors (Lipinski definition) is 7. The lowest BCUT2D eigenvalue weighted by molar-refractivity contribution is -0.151. The lowest BCUT2D eigenvalue weighted by atomic mass is 9.77. The van der Waals surface area contributed by atoms with Crippen LogP contribution in [0.1, 0.15) is 40.0 Å².